The molecule has 0 aliphatic rings. The largest absolute Gasteiger partial charge is 0.490 e. The summed E-state index contributed by atoms with van der Waals surface area (Å²) in [7, 11) is 1.24. The number of amides is 1. The summed E-state index contributed by atoms with van der Waals surface area (Å²) in [6.07, 6.45) is -5.08. The Bertz CT molecular complexity index is 564. The van der Waals surface area contributed by atoms with E-state index in [9.17, 15) is 22.8 Å². The Balaban J connectivity index is 0.000000585. The number of methoxy groups -OCH3 is 1. The zero-order chi connectivity index (χ0) is 18.2. The van der Waals surface area contributed by atoms with Gasteiger partial charge in [0.15, 0.2) is 0 Å². The molecule has 1 rings (SSSR count). The molecule has 0 saturated heterocycles. The maximum atomic E-state index is 11.5. The van der Waals surface area contributed by atoms with Crippen molar-refractivity contribution in [3.8, 4) is 0 Å². The third-order valence-electron chi connectivity index (χ3n) is 2.03. The average Bonchev–Trinajstić information content (AvgIpc) is 2.89. The van der Waals surface area contributed by atoms with Gasteiger partial charge in [-0.1, -0.05) is 11.6 Å². The molecule has 7 nitrogen and oxygen atoms in total. The van der Waals surface area contributed by atoms with E-state index in [1.54, 1.807) is 12.1 Å². The van der Waals surface area contributed by atoms with E-state index in [0.29, 0.717) is 9.21 Å². The van der Waals surface area contributed by atoms with Crippen molar-refractivity contribution in [2.24, 2.45) is 5.73 Å². The number of rotatable bonds is 4. The molecule has 0 aliphatic carbocycles. The van der Waals surface area contributed by atoms with Crippen LogP contribution >= 0.6 is 22.9 Å². The number of carbonyl (C=O) groups excluding carboxylic acids is 2. The highest BCUT2D eigenvalue weighted by Crippen LogP contribution is 2.20. The highest BCUT2D eigenvalue weighted by Gasteiger charge is 2.38. The lowest BCUT2D eigenvalue weighted by molar-refractivity contribution is -0.192. The number of alkyl halides is 3. The lowest BCUT2D eigenvalue weighted by atomic mass is 10.3. The molecular formula is C11H12ClF3N2O5S. The van der Waals surface area contributed by atoms with Crippen LogP contribution in [0.15, 0.2) is 12.1 Å². The monoisotopic (exact) mass is 376 g/mol. The van der Waals surface area contributed by atoms with E-state index in [-0.39, 0.29) is 12.5 Å². The summed E-state index contributed by atoms with van der Waals surface area (Å²) >= 11 is 6.84. The Kier molecular flexibility index (Phi) is 8.58. The first-order valence-electron chi connectivity index (χ1n) is 5.66. The minimum atomic E-state index is -5.08. The second-order valence-electron chi connectivity index (χ2n) is 3.75. The molecule has 1 amide bonds. The molecule has 23 heavy (non-hydrogen) atoms. The maximum absolute atomic E-state index is 11.5. The summed E-state index contributed by atoms with van der Waals surface area (Å²) < 4.78 is 36.7. The molecule has 1 atom stereocenters. The van der Waals surface area contributed by atoms with Crippen molar-refractivity contribution in [3.63, 3.8) is 0 Å². The van der Waals surface area contributed by atoms with Crippen LogP contribution in [-0.4, -0.2) is 48.8 Å². The van der Waals surface area contributed by atoms with Gasteiger partial charge in [0.05, 0.1) is 16.3 Å². The predicted molar refractivity (Wildman–Crippen MR) is 75.3 cm³/mol. The number of nitrogens with two attached hydrogens (primary N) is 1. The number of esters is 1. The van der Waals surface area contributed by atoms with E-state index in [2.05, 4.69) is 10.1 Å². The van der Waals surface area contributed by atoms with Crippen LogP contribution < -0.4 is 11.1 Å². The number of carboxylic acids is 1. The molecule has 0 aromatic carbocycles. The Morgan fingerprint density at radius 1 is 1.43 bits per heavy atom. The Morgan fingerprint density at radius 2 is 1.96 bits per heavy atom. The van der Waals surface area contributed by atoms with Gasteiger partial charge in [0.2, 0.25) is 0 Å². The molecule has 0 saturated carbocycles. The van der Waals surface area contributed by atoms with E-state index in [1.807, 2.05) is 0 Å². The summed E-state index contributed by atoms with van der Waals surface area (Å²) in [6.45, 7) is 0.0288. The van der Waals surface area contributed by atoms with E-state index in [0.717, 1.165) is 11.3 Å². The molecule has 12 heteroatoms. The van der Waals surface area contributed by atoms with Gasteiger partial charge in [0.1, 0.15) is 6.04 Å². The fourth-order valence-electron chi connectivity index (χ4n) is 0.961. The maximum Gasteiger partial charge on any atom is 0.490 e. The minimum absolute atomic E-state index is 0.0288. The van der Waals surface area contributed by atoms with E-state index >= 15 is 0 Å². The number of hydrogen-bond donors (Lipinski definition) is 3. The van der Waals surface area contributed by atoms with Crippen molar-refractivity contribution in [2.45, 2.75) is 12.2 Å². The van der Waals surface area contributed by atoms with Gasteiger partial charge in [-0.2, -0.15) is 13.2 Å². The van der Waals surface area contributed by atoms with E-state index < -0.39 is 24.2 Å². The Labute approximate surface area is 137 Å². The molecule has 0 aliphatic heterocycles. The van der Waals surface area contributed by atoms with Crippen molar-refractivity contribution < 1.29 is 37.4 Å². The molecule has 0 bridgehead atoms. The lowest BCUT2D eigenvalue weighted by Crippen LogP contribution is -2.42. The van der Waals surface area contributed by atoms with E-state index in [4.69, 9.17) is 27.2 Å². The van der Waals surface area contributed by atoms with Crippen LogP contribution in [0.2, 0.25) is 4.34 Å². The Hall–Kier alpha value is -1.85. The van der Waals surface area contributed by atoms with Crippen molar-refractivity contribution in [2.75, 3.05) is 13.7 Å². The molecule has 1 heterocycles. The molecule has 1 aromatic rings. The molecule has 0 fully saturated rings. The third-order valence-corrected chi connectivity index (χ3v) is 3.26. The summed E-state index contributed by atoms with van der Waals surface area (Å²) in [5.74, 6) is -3.63. The smallest absolute Gasteiger partial charge is 0.475 e. The van der Waals surface area contributed by atoms with Gasteiger partial charge in [-0.15, -0.1) is 11.3 Å². The van der Waals surface area contributed by atoms with Crippen molar-refractivity contribution in [1.29, 1.82) is 0 Å². The highest BCUT2D eigenvalue weighted by atomic mass is 35.5. The number of carboxylic acid groups (broad SMARTS) is 1. The van der Waals surface area contributed by atoms with Gasteiger partial charge in [-0.05, 0) is 12.1 Å². The topological polar surface area (TPSA) is 119 Å². The number of nitrogens with one attached hydrogen (secondary N) is 1. The summed E-state index contributed by atoms with van der Waals surface area (Å²) in [5.41, 5.74) is 5.45. The number of carbonyl (C=O) groups is 3. The molecule has 0 spiro atoms. The molecular weight excluding hydrogens is 365 g/mol. The quantitative estimate of drug-likeness (QED) is 0.681. The van der Waals surface area contributed by atoms with Gasteiger partial charge in [0, 0.05) is 6.54 Å². The first-order valence-corrected chi connectivity index (χ1v) is 6.85. The van der Waals surface area contributed by atoms with Crippen LogP contribution in [0.4, 0.5) is 13.2 Å². The van der Waals surface area contributed by atoms with Crippen LogP contribution in [0.25, 0.3) is 0 Å². The number of hydrogen-bond acceptors (Lipinski definition) is 6. The second-order valence-corrected chi connectivity index (χ2v) is 5.46. The lowest BCUT2D eigenvalue weighted by Gasteiger charge is -2.09. The van der Waals surface area contributed by atoms with Gasteiger partial charge >= 0.3 is 18.1 Å². The minimum Gasteiger partial charge on any atom is -0.475 e. The standard InChI is InChI=1S/C9H11ClN2O3S.C2HF3O2/c1-15-9(14)5(11)4-12-8(13)6-2-3-7(10)16-6;3-2(4,5)1(6)7/h2-3,5H,4,11H2,1H3,(H,12,13);(H,6,7)/t5-;/m0./s1. The summed E-state index contributed by atoms with van der Waals surface area (Å²) in [6, 6.07) is 2.37. The molecule has 0 unspecified atom stereocenters. The zero-order valence-electron chi connectivity index (χ0n) is 11.5. The first kappa shape index (κ1) is 21.1. The van der Waals surface area contributed by atoms with Crippen LogP contribution in [-0.2, 0) is 14.3 Å². The number of thiophene rings is 1. The number of aliphatic carboxylic acids is 1. The van der Waals surface area contributed by atoms with E-state index in [1.165, 1.54) is 7.11 Å². The molecule has 1 aromatic heterocycles. The van der Waals surface area contributed by atoms with Crippen molar-refractivity contribution >= 4 is 40.8 Å². The van der Waals surface area contributed by atoms with Crippen molar-refractivity contribution in [1.82, 2.24) is 5.32 Å². The molecule has 4 N–H and O–H groups in total. The fraction of sp³-hybridized carbons (Fsp3) is 0.364. The number of ether oxygens (including phenoxy) is 1. The summed E-state index contributed by atoms with van der Waals surface area (Å²) in [4.78, 5) is 31.8. The highest BCUT2D eigenvalue weighted by molar-refractivity contribution is 7.17. The predicted octanol–water partition coefficient (Wildman–Crippen LogP) is 1.26. The average molecular weight is 377 g/mol. The van der Waals surface area contributed by atoms with Crippen LogP contribution in [0.1, 0.15) is 9.67 Å². The van der Waals surface area contributed by atoms with Crippen LogP contribution in [0.5, 0.6) is 0 Å². The van der Waals surface area contributed by atoms with Crippen LogP contribution in [0.3, 0.4) is 0 Å². The zero-order valence-corrected chi connectivity index (χ0v) is 13.1. The summed E-state index contributed by atoms with van der Waals surface area (Å²) in [5, 5.41) is 9.64. The van der Waals surface area contributed by atoms with Gasteiger partial charge in [-0.25, -0.2) is 4.79 Å². The number of halogens is 4. The molecule has 130 valence electrons. The normalized spacial score (nSPS) is 11.7. The second kappa shape index (κ2) is 9.33. The van der Waals surface area contributed by atoms with Gasteiger partial charge < -0.3 is 20.9 Å². The third kappa shape index (κ3) is 8.38. The molecule has 0 radical (unpaired) electrons. The van der Waals surface area contributed by atoms with Crippen molar-refractivity contribution in [3.05, 3.63) is 21.3 Å². The van der Waals surface area contributed by atoms with Gasteiger partial charge in [-0.3, -0.25) is 9.59 Å². The van der Waals surface area contributed by atoms with Gasteiger partial charge in [0.25, 0.3) is 5.91 Å². The SMILES string of the molecule is COC(=O)[C@@H](N)CNC(=O)c1ccc(Cl)s1.O=C(O)C(F)(F)F. The first-order chi connectivity index (χ1) is 10.5. The fourth-order valence-corrected chi connectivity index (χ4v) is 1.92. The van der Waals surface area contributed by atoms with Crippen LogP contribution in [0, 0.1) is 0 Å². The Morgan fingerprint density at radius 3 is 2.30 bits per heavy atom.